The minimum atomic E-state index is -0.429. The van der Waals surface area contributed by atoms with E-state index in [-0.39, 0.29) is 11.9 Å². The largest absolute Gasteiger partial charge is 0.340 e. The Balaban J connectivity index is 1.65. The van der Waals surface area contributed by atoms with Crippen molar-refractivity contribution in [3.05, 3.63) is 62.2 Å². The molecular formula is C21H23ClIN3O2. The number of carbonyl (C=O) groups excluding carboxylic acids is 2. The van der Waals surface area contributed by atoms with E-state index in [4.69, 9.17) is 11.6 Å². The minimum absolute atomic E-state index is 0.0407. The molecule has 0 bridgehead atoms. The molecule has 1 aliphatic rings. The van der Waals surface area contributed by atoms with E-state index in [2.05, 4.69) is 27.9 Å². The molecule has 0 aromatic heterocycles. The van der Waals surface area contributed by atoms with E-state index in [1.165, 1.54) is 0 Å². The molecule has 3 amide bonds. The zero-order valence-corrected chi connectivity index (χ0v) is 18.8. The molecule has 7 heteroatoms. The number of nitrogens with zero attached hydrogens (tertiary/aromatic N) is 2. The van der Waals surface area contributed by atoms with Gasteiger partial charge in [-0.15, -0.1) is 0 Å². The maximum atomic E-state index is 13.0. The number of amides is 3. The summed E-state index contributed by atoms with van der Waals surface area (Å²) in [4.78, 5) is 29.1. The first-order chi connectivity index (χ1) is 13.3. The van der Waals surface area contributed by atoms with Gasteiger partial charge < -0.3 is 15.1 Å². The van der Waals surface area contributed by atoms with Crippen LogP contribution in [0.15, 0.2) is 42.5 Å². The van der Waals surface area contributed by atoms with E-state index in [1.54, 1.807) is 16.8 Å². The molecule has 1 atom stereocenters. The molecule has 1 aliphatic heterocycles. The molecule has 1 fully saturated rings. The lowest BCUT2D eigenvalue weighted by Gasteiger charge is -2.28. The van der Waals surface area contributed by atoms with Crippen molar-refractivity contribution in [2.75, 3.05) is 18.9 Å². The quantitative estimate of drug-likeness (QED) is 0.593. The van der Waals surface area contributed by atoms with Crippen molar-refractivity contribution in [1.29, 1.82) is 0 Å². The number of benzene rings is 2. The highest BCUT2D eigenvalue weighted by Crippen LogP contribution is 2.23. The van der Waals surface area contributed by atoms with E-state index in [0.717, 1.165) is 26.8 Å². The molecular weight excluding hydrogens is 489 g/mol. The second-order valence-corrected chi connectivity index (χ2v) is 8.66. The molecule has 2 aromatic rings. The Morgan fingerprint density at radius 2 is 1.96 bits per heavy atom. The highest BCUT2D eigenvalue weighted by molar-refractivity contribution is 14.1. The van der Waals surface area contributed by atoms with Crippen LogP contribution in [0.3, 0.4) is 0 Å². The first-order valence-electron chi connectivity index (χ1n) is 9.18. The summed E-state index contributed by atoms with van der Waals surface area (Å²) in [5.74, 6) is -0.0407. The highest BCUT2D eigenvalue weighted by atomic mass is 127. The molecule has 2 aromatic carbocycles. The van der Waals surface area contributed by atoms with Crippen molar-refractivity contribution in [3.8, 4) is 0 Å². The van der Waals surface area contributed by atoms with E-state index in [1.807, 2.05) is 49.4 Å². The summed E-state index contributed by atoms with van der Waals surface area (Å²) in [6.45, 7) is 3.09. The molecule has 0 saturated carbocycles. The predicted octanol–water partition coefficient (Wildman–Crippen LogP) is 4.91. The summed E-state index contributed by atoms with van der Waals surface area (Å²) in [5, 5.41) is 3.60. The Morgan fingerprint density at radius 1 is 1.25 bits per heavy atom. The Labute approximate surface area is 184 Å². The van der Waals surface area contributed by atoms with Gasteiger partial charge in [-0.3, -0.25) is 4.79 Å². The molecule has 0 spiro atoms. The molecule has 1 heterocycles. The van der Waals surface area contributed by atoms with Crippen molar-refractivity contribution in [3.63, 3.8) is 0 Å². The number of likely N-dealkylation sites (N-methyl/N-ethyl adjacent to an activating group) is 1. The van der Waals surface area contributed by atoms with Crippen LogP contribution in [0.2, 0.25) is 5.02 Å². The first kappa shape index (κ1) is 20.9. The zero-order chi connectivity index (χ0) is 20.3. The van der Waals surface area contributed by atoms with Crippen LogP contribution in [0, 0.1) is 10.5 Å². The molecule has 28 heavy (non-hydrogen) atoms. The SMILES string of the molecule is Cc1ccc(NC(=O)N2CCC[C@@H]2C(=O)N(C)Cc2ccc(Cl)cc2)cc1I. The van der Waals surface area contributed by atoms with Gasteiger partial charge in [-0.05, 0) is 77.7 Å². The average molecular weight is 512 g/mol. The molecule has 5 nitrogen and oxygen atoms in total. The number of likely N-dealkylation sites (tertiary alicyclic amines) is 1. The molecule has 0 radical (unpaired) electrons. The van der Waals surface area contributed by atoms with Crippen LogP contribution >= 0.6 is 34.2 Å². The average Bonchev–Trinajstić information content (AvgIpc) is 3.16. The molecule has 1 saturated heterocycles. The smallest absolute Gasteiger partial charge is 0.322 e. The number of urea groups is 1. The summed E-state index contributed by atoms with van der Waals surface area (Å²) < 4.78 is 1.09. The van der Waals surface area contributed by atoms with Crippen LogP contribution < -0.4 is 5.32 Å². The first-order valence-corrected chi connectivity index (χ1v) is 10.6. The Bertz CT molecular complexity index is 872. The Kier molecular flexibility index (Phi) is 6.82. The van der Waals surface area contributed by atoms with Crippen LogP contribution in [-0.2, 0) is 11.3 Å². The normalized spacial score (nSPS) is 16.1. The number of anilines is 1. The van der Waals surface area contributed by atoms with Crippen molar-refractivity contribution in [2.45, 2.75) is 32.4 Å². The lowest BCUT2D eigenvalue weighted by atomic mass is 10.1. The van der Waals surface area contributed by atoms with Gasteiger partial charge in [-0.2, -0.15) is 0 Å². The summed E-state index contributed by atoms with van der Waals surface area (Å²) >= 11 is 8.17. The van der Waals surface area contributed by atoms with Gasteiger partial charge in [-0.1, -0.05) is 29.8 Å². The molecule has 0 aliphatic carbocycles. The summed E-state index contributed by atoms with van der Waals surface area (Å²) in [6.07, 6.45) is 1.51. The fourth-order valence-electron chi connectivity index (χ4n) is 3.33. The van der Waals surface area contributed by atoms with E-state index in [9.17, 15) is 9.59 Å². The van der Waals surface area contributed by atoms with Gasteiger partial charge in [0.1, 0.15) is 6.04 Å². The van der Waals surface area contributed by atoms with Crippen molar-refractivity contribution >= 4 is 51.8 Å². The maximum Gasteiger partial charge on any atom is 0.322 e. The van der Waals surface area contributed by atoms with Gasteiger partial charge in [0, 0.05) is 34.4 Å². The number of rotatable bonds is 4. The standard InChI is InChI=1S/C21H23ClIN3O2/c1-14-5-10-17(12-18(14)23)24-21(28)26-11-3-4-19(26)20(27)25(2)13-15-6-8-16(22)9-7-15/h5-10,12,19H,3-4,11,13H2,1-2H3,(H,24,28)/t19-/m1/s1. The summed E-state index contributed by atoms with van der Waals surface area (Å²) in [7, 11) is 1.77. The topological polar surface area (TPSA) is 52.7 Å². The number of hydrogen-bond acceptors (Lipinski definition) is 2. The number of nitrogens with one attached hydrogen (secondary N) is 1. The summed E-state index contributed by atoms with van der Waals surface area (Å²) in [6, 6.07) is 12.6. The third-order valence-electron chi connectivity index (χ3n) is 4.93. The fraction of sp³-hybridized carbons (Fsp3) is 0.333. The van der Waals surface area contributed by atoms with E-state index < -0.39 is 6.04 Å². The van der Waals surface area contributed by atoms with Gasteiger partial charge in [0.05, 0.1) is 0 Å². The predicted molar refractivity (Wildman–Crippen MR) is 121 cm³/mol. The highest BCUT2D eigenvalue weighted by Gasteiger charge is 2.35. The second kappa shape index (κ2) is 9.13. The molecule has 3 rings (SSSR count). The minimum Gasteiger partial charge on any atom is -0.340 e. The monoisotopic (exact) mass is 511 g/mol. The van der Waals surface area contributed by atoms with Crippen molar-refractivity contribution in [2.24, 2.45) is 0 Å². The molecule has 148 valence electrons. The summed E-state index contributed by atoms with van der Waals surface area (Å²) in [5.41, 5.74) is 2.91. The lowest BCUT2D eigenvalue weighted by molar-refractivity contribution is -0.134. The maximum absolute atomic E-state index is 13.0. The molecule has 0 unspecified atom stereocenters. The van der Waals surface area contributed by atoms with Crippen molar-refractivity contribution < 1.29 is 9.59 Å². The molecule has 1 N–H and O–H groups in total. The van der Waals surface area contributed by atoms with Crippen LogP contribution in [0.5, 0.6) is 0 Å². The van der Waals surface area contributed by atoms with Gasteiger partial charge in [-0.25, -0.2) is 4.79 Å². The van der Waals surface area contributed by atoms with Gasteiger partial charge in [0.2, 0.25) is 5.91 Å². The zero-order valence-electron chi connectivity index (χ0n) is 15.9. The Hall–Kier alpha value is -1.80. The van der Waals surface area contributed by atoms with Crippen LogP contribution in [0.4, 0.5) is 10.5 Å². The lowest BCUT2D eigenvalue weighted by Crippen LogP contribution is -2.47. The third kappa shape index (κ3) is 4.97. The van der Waals surface area contributed by atoms with Gasteiger partial charge in [0.25, 0.3) is 0 Å². The number of halogens is 2. The number of carbonyl (C=O) groups is 2. The number of aryl methyl sites for hydroxylation is 1. The van der Waals surface area contributed by atoms with E-state index in [0.29, 0.717) is 24.5 Å². The second-order valence-electron chi connectivity index (χ2n) is 7.07. The van der Waals surface area contributed by atoms with Crippen LogP contribution in [0.25, 0.3) is 0 Å². The van der Waals surface area contributed by atoms with Crippen molar-refractivity contribution in [1.82, 2.24) is 9.80 Å². The van der Waals surface area contributed by atoms with E-state index >= 15 is 0 Å². The third-order valence-corrected chi connectivity index (χ3v) is 6.35. The number of hydrogen-bond donors (Lipinski definition) is 1. The van der Waals surface area contributed by atoms with Crippen LogP contribution in [0.1, 0.15) is 24.0 Å². The fourth-order valence-corrected chi connectivity index (χ4v) is 3.97. The Morgan fingerprint density at radius 3 is 2.64 bits per heavy atom. The van der Waals surface area contributed by atoms with Gasteiger partial charge in [0.15, 0.2) is 0 Å². The van der Waals surface area contributed by atoms with Crippen LogP contribution in [-0.4, -0.2) is 41.4 Å². The van der Waals surface area contributed by atoms with Gasteiger partial charge >= 0.3 is 6.03 Å².